The van der Waals surface area contributed by atoms with Crippen molar-refractivity contribution in [3.05, 3.63) is 23.2 Å². The lowest BCUT2D eigenvalue weighted by atomic mass is 10.2. The smallest absolute Gasteiger partial charge is 0.224 e. The summed E-state index contributed by atoms with van der Waals surface area (Å²) in [4.78, 5) is 11.2. The lowest BCUT2D eigenvalue weighted by Gasteiger charge is -2.12. The van der Waals surface area contributed by atoms with Crippen molar-refractivity contribution in [2.75, 3.05) is 23.8 Å². The van der Waals surface area contributed by atoms with Crippen LogP contribution in [-0.4, -0.2) is 35.4 Å². The van der Waals surface area contributed by atoms with E-state index in [1.807, 2.05) is 0 Å². The van der Waals surface area contributed by atoms with Crippen LogP contribution < -0.4 is 10.6 Å². The van der Waals surface area contributed by atoms with Crippen LogP contribution in [-0.2, 0) is 4.79 Å². The highest BCUT2D eigenvalue weighted by molar-refractivity contribution is 6.34. The molecule has 0 saturated heterocycles. The van der Waals surface area contributed by atoms with Crippen LogP contribution in [0.2, 0.25) is 5.02 Å². The quantitative estimate of drug-likeness (QED) is 0.632. The second kappa shape index (κ2) is 7.20. The number of aliphatic hydroxyl groups excluding tert-OH is 2. The van der Waals surface area contributed by atoms with E-state index in [0.29, 0.717) is 22.8 Å². The van der Waals surface area contributed by atoms with Gasteiger partial charge in [-0.05, 0) is 18.2 Å². The monoisotopic (exact) mass is 272 g/mol. The summed E-state index contributed by atoms with van der Waals surface area (Å²) in [7, 11) is 0. The molecule has 100 valence electrons. The number of aliphatic hydroxyl groups is 2. The minimum absolute atomic E-state index is 0.103. The van der Waals surface area contributed by atoms with Gasteiger partial charge in [-0.3, -0.25) is 4.79 Å². The van der Waals surface area contributed by atoms with E-state index in [1.165, 1.54) is 0 Å². The molecule has 0 heterocycles. The zero-order valence-corrected chi connectivity index (χ0v) is 10.9. The van der Waals surface area contributed by atoms with Crippen molar-refractivity contribution in [2.45, 2.75) is 19.4 Å². The Morgan fingerprint density at radius 3 is 2.78 bits per heavy atom. The molecule has 0 radical (unpaired) electrons. The van der Waals surface area contributed by atoms with Gasteiger partial charge < -0.3 is 20.8 Å². The molecule has 1 aromatic carbocycles. The standard InChI is InChI=1S/C12H17ClN2O3/c1-2-12(18)15-11-4-3-8(5-10(11)13)14-6-9(17)7-16/h3-5,9,14,16-17H,2,6-7H2,1H3,(H,15,18). The second-order valence-corrected chi connectivity index (χ2v) is 4.22. The van der Waals surface area contributed by atoms with Crippen LogP contribution >= 0.6 is 11.6 Å². The molecule has 0 spiro atoms. The van der Waals surface area contributed by atoms with Crippen LogP contribution in [0.5, 0.6) is 0 Å². The van der Waals surface area contributed by atoms with E-state index in [0.717, 1.165) is 0 Å². The number of carbonyl (C=O) groups is 1. The van der Waals surface area contributed by atoms with Crippen LogP contribution in [0, 0.1) is 0 Å². The van der Waals surface area contributed by atoms with Crippen molar-refractivity contribution in [1.29, 1.82) is 0 Å². The summed E-state index contributed by atoms with van der Waals surface area (Å²) >= 11 is 6.01. The van der Waals surface area contributed by atoms with E-state index >= 15 is 0 Å². The fraction of sp³-hybridized carbons (Fsp3) is 0.417. The van der Waals surface area contributed by atoms with Crippen LogP contribution in [0.1, 0.15) is 13.3 Å². The summed E-state index contributed by atoms with van der Waals surface area (Å²) in [5, 5.41) is 23.9. The third-order valence-electron chi connectivity index (χ3n) is 2.32. The SMILES string of the molecule is CCC(=O)Nc1ccc(NCC(O)CO)cc1Cl. The largest absolute Gasteiger partial charge is 0.394 e. The predicted molar refractivity (Wildman–Crippen MR) is 72.0 cm³/mol. The van der Waals surface area contributed by atoms with Crippen molar-refractivity contribution in [1.82, 2.24) is 0 Å². The van der Waals surface area contributed by atoms with Crippen molar-refractivity contribution < 1.29 is 15.0 Å². The number of rotatable bonds is 6. The van der Waals surface area contributed by atoms with Crippen molar-refractivity contribution >= 4 is 28.9 Å². The molecule has 1 amide bonds. The maximum atomic E-state index is 11.2. The van der Waals surface area contributed by atoms with E-state index in [2.05, 4.69) is 10.6 Å². The minimum Gasteiger partial charge on any atom is -0.394 e. The molecule has 0 saturated carbocycles. The van der Waals surface area contributed by atoms with Crippen LogP contribution in [0.4, 0.5) is 11.4 Å². The summed E-state index contributed by atoms with van der Waals surface area (Å²) < 4.78 is 0. The molecule has 4 N–H and O–H groups in total. The maximum Gasteiger partial charge on any atom is 0.224 e. The van der Waals surface area contributed by atoms with Gasteiger partial charge in [-0.25, -0.2) is 0 Å². The molecule has 1 unspecified atom stereocenters. The Kier molecular flexibility index (Phi) is 5.91. The van der Waals surface area contributed by atoms with Crippen molar-refractivity contribution in [2.24, 2.45) is 0 Å². The number of benzene rings is 1. The molecule has 18 heavy (non-hydrogen) atoms. The number of amides is 1. The van der Waals surface area contributed by atoms with Gasteiger partial charge in [0.05, 0.1) is 23.4 Å². The first-order valence-corrected chi connectivity index (χ1v) is 6.06. The predicted octanol–water partition coefficient (Wildman–Crippen LogP) is 1.45. The van der Waals surface area contributed by atoms with Crippen LogP contribution in [0.15, 0.2) is 18.2 Å². The highest BCUT2D eigenvalue weighted by Gasteiger charge is 2.06. The molecule has 1 atom stereocenters. The normalized spacial score (nSPS) is 12.0. The Bertz CT molecular complexity index is 412. The van der Waals surface area contributed by atoms with Gasteiger partial charge in [0.2, 0.25) is 5.91 Å². The van der Waals surface area contributed by atoms with Gasteiger partial charge in [-0.15, -0.1) is 0 Å². The first-order valence-electron chi connectivity index (χ1n) is 5.69. The summed E-state index contributed by atoms with van der Waals surface area (Å²) in [6.07, 6.45) is -0.429. The molecule has 0 bridgehead atoms. The molecule has 0 fully saturated rings. The van der Waals surface area contributed by atoms with E-state index in [9.17, 15) is 9.90 Å². The first kappa shape index (κ1) is 14.8. The highest BCUT2D eigenvalue weighted by atomic mass is 35.5. The van der Waals surface area contributed by atoms with E-state index in [4.69, 9.17) is 16.7 Å². The lowest BCUT2D eigenvalue weighted by Crippen LogP contribution is -2.22. The Hall–Kier alpha value is -1.30. The fourth-order valence-corrected chi connectivity index (χ4v) is 1.49. The number of carbonyl (C=O) groups excluding carboxylic acids is 1. The van der Waals surface area contributed by atoms with Crippen LogP contribution in [0.3, 0.4) is 0 Å². The number of anilines is 2. The van der Waals surface area contributed by atoms with Gasteiger partial charge in [0.15, 0.2) is 0 Å². The van der Waals surface area contributed by atoms with E-state index in [-0.39, 0.29) is 19.1 Å². The molecule has 0 aromatic heterocycles. The van der Waals surface area contributed by atoms with Gasteiger partial charge in [-0.2, -0.15) is 0 Å². The minimum atomic E-state index is -0.816. The number of hydrogen-bond acceptors (Lipinski definition) is 4. The highest BCUT2D eigenvalue weighted by Crippen LogP contribution is 2.25. The maximum absolute atomic E-state index is 11.2. The Morgan fingerprint density at radius 1 is 1.50 bits per heavy atom. The molecule has 0 aliphatic carbocycles. The molecule has 1 rings (SSSR count). The molecule has 0 aliphatic rings. The van der Waals surface area contributed by atoms with Gasteiger partial charge >= 0.3 is 0 Å². The molecular formula is C12H17ClN2O3. The fourth-order valence-electron chi connectivity index (χ4n) is 1.27. The molecular weight excluding hydrogens is 256 g/mol. The van der Waals surface area contributed by atoms with Gasteiger partial charge in [0.1, 0.15) is 0 Å². The number of nitrogens with one attached hydrogen (secondary N) is 2. The third-order valence-corrected chi connectivity index (χ3v) is 2.63. The van der Waals surface area contributed by atoms with Crippen molar-refractivity contribution in [3.8, 4) is 0 Å². The Labute approximate surface area is 111 Å². The number of halogens is 1. The molecule has 0 aliphatic heterocycles. The Morgan fingerprint density at radius 2 is 2.22 bits per heavy atom. The lowest BCUT2D eigenvalue weighted by molar-refractivity contribution is -0.115. The first-order chi connectivity index (χ1) is 8.56. The van der Waals surface area contributed by atoms with Gasteiger partial charge in [-0.1, -0.05) is 18.5 Å². The molecule has 1 aromatic rings. The summed E-state index contributed by atoms with van der Waals surface area (Å²) in [6, 6.07) is 5.07. The zero-order chi connectivity index (χ0) is 13.5. The molecule has 6 heteroatoms. The van der Waals surface area contributed by atoms with Gasteiger partial charge in [0.25, 0.3) is 0 Å². The molecule has 5 nitrogen and oxygen atoms in total. The summed E-state index contributed by atoms with van der Waals surface area (Å²) in [5.74, 6) is -0.103. The summed E-state index contributed by atoms with van der Waals surface area (Å²) in [5.41, 5.74) is 1.26. The zero-order valence-electron chi connectivity index (χ0n) is 10.1. The topological polar surface area (TPSA) is 81.6 Å². The van der Waals surface area contributed by atoms with Gasteiger partial charge in [0, 0.05) is 18.7 Å². The van der Waals surface area contributed by atoms with Crippen LogP contribution in [0.25, 0.3) is 0 Å². The van der Waals surface area contributed by atoms with E-state index in [1.54, 1.807) is 25.1 Å². The summed E-state index contributed by atoms with van der Waals surface area (Å²) in [6.45, 7) is 1.69. The Balaban J connectivity index is 2.64. The van der Waals surface area contributed by atoms with Crippen molar-refractivity contribution in [3.63, 3.8) is 0 Å². The average molecular weight is 273 g/mol. The third kappa shape index (κ3) is 4.52. The number of hydrogen-bond donors (Lipinski definition) is 4. The second-order valence-electron chi connectivity index (χ2n) is 3.81. The van der Waals surface area contributed by atoms with E-state index < -0.39 is 6.10 Å². The average Bonchev–Trinajstić information content (AvgIpc) is 2.38.